The van der Waals surface area contributed by atoms with Crippen molar-refractivity contribution in [3.05, 3.63) is 54.1 Å². The van der Waals surface area contributed by atoms with Gasteiger partial charge in [0.2, 0.25) is 0 Å². The molecule has 2 aromatic rings. The Balaban J connectivity index is 1.86. The summed E-state index contributed by atoms with van der Waals surface area (Å²) in [5, 5.41) is 14.1. The van der Waals surface area contributed by atoms with E-state index in [9.17, 15) is 9.59 Å². The van der Waals surface area contributed by atoms with Crippen molar-refractivity contribution in [2.24, 2.45) is 0 Å². The molecule has 2 aromatic heterocycles. The van der Waals surface area contributed by atoms with Gasteiger partial charge in [-0.05, 0) is 36.2 Å². The number of aromatic nitrogens is 2. The lowest BCUT2D eigenvalue weighted by Crippen LogP contribution is -2.31. The summed E-state index contributed by atoms with van der Waals surface area (Å²) in [7, 11) is 0. The van der Waals surface area contributed by atoms with Crippen LogP contribution in [-0.4, -0.2) is 33.6 Å². The van der Waals surface area contributed by atoms with E-state index in [1.54, 1.807) is 18.5 Å². The zero-order chi connectivity index (χ0) is 15.1. The molecule has 0 aliphatic rings. The van der Waals surface area contributed by atoms with Gasteiger partial charge < -0.3 is 15.7 Å². The van der Waals surface area contributed by atoms with Gasteiger partial charge >= 0.3 is 12.0 Å². The Morgan fingerprint density at radius 3 is 2.62 bits per heavy atom. The lowest BCUT2D eigenvalue weighted by molar-refractivity contribution is 0.0692. The minimum atomic E-state index is -1.19. The Bertz CT molecular complexity index is 631. The SMILES string of the molecule is O=C(NCCc1ccncc1)Nc1cccnc1C(=O)O. The van der Waals surface area contributed by atoms with E-state index in [4.69, 9.17) is 5.11 Å². The normalized spacial score (nSPS) is 9.90. The van der Waals surface area contributed by atoms with Crippen LogP contribution in [0.4, 0.5) is 10.5 Å². The van der Waals surface area contributed by atoms with Crippen LogP contribution in [0.2, 0.25) is 0 Å². The van der Waals surface area contributed by atoms with E-state index >= 15 is 0 Å². The zero-order valence-corrected chi connectivity index (χ0v) is 11.1. The number of pyridine rings is 2. The van der Waals surface area contributed by atoms with Crippen LogP contribution in [0.1, 0.15) is 16.1 Å². The summed E-state index contributed by atoms with van der Waals surface area (Å²) in [6.07, 6.45) is 5.39. The Morgan fingerprint density at radius 2 is 1.90 bits per heavy atom. The van der Waals surface area contributed by atoms with Crippen LogP contribution < -0.4 is 10.6 Å². The third kappa shape index (κ3) is 4.27. The van der Waals surface area contributed by atoms with Gasteiger partial charge in [-0.2, -0.15) is 0 Å². The van der Waals surface area contributed by atoms with E-state index in [0.29, 0.717) is 13.0 Å². The van der Waals surface area contributed by atoms with Crippen LogP contribution in [0.3, 0.4) is 0 Å². The highest BCUT2D eigenvalue weighted by atomic mass is 16.4. The van der Waals surface area contributed by atoms with E-state index in [-0.39, 0.29) is 11.4 Å². The highest BCUT2D eigenvalue weighted by Gasteiger charge is 2.12. The van der Waals surface area contributed by atoms with Gasteiger partial charge in [0.1, 0.15) is 0 Å². The number of hydrogen-bond acceptors (Lipinski definition) is 4. The van der Waals surface area contributed by atoms with Crippen LogP contribution in [0, 0.1) is 0 Å². The highest BCUT2D eigenvalue weighted by Crippen LogP contribution is 2.11. The molecule has 0 bridgehead atoms. The first-order valence-corrected chi connectivity index (χ1v) is 6.29. The third-order valence-electron chi connectivity index (χ3n) is 2.71. The number of nitrogens with zero attached hydrogens (tertiary/aromatic N) is 2. The largest absolute Gasteiger partial charge is 0.476 e. The number of carbonyl (C=O) groups is 2. The average Bonchev–Trinajstić information content (AvgIpc) is 2.48. The Hall–Kier alpha value is -2.96. The standard InChI is InChI=1S/C14H14N4O3/c19-13(20)12-11(2-1-6-16-12)18-14(21)17-9-5-10-3-7-15-8-4-10/h1-4,6-8H,5,9H2,(H,19,20)(H2,17,18,21). The fourth-order valence-electron chi connectivity index (χ4n) is 1.71. The van der Waals surface area contributed by atoms with Crippen molar-refractivity contribution in [1.29, 1.82) is 0 Å². The Kier molecular flexibility index (Phi) is 4.81. The van der Waals surface area contributed by atoms with Crippen LogP contribution in [0.5, 0.6) is 0 Å². The molecule has 7 heteroatoms. The van der Waals surface area contributed by atoms with Crippen molar-refractivity contribution in [2.75, 3.05) is 11.9 Å². The summed E-state index contributed by atoms with van der Waals surface area (Å²) in [5.74, 6) is -1.19. The first-order valence-electron chi connectivity index (χ1n) is 6.29. The molecule has 2 rings (SSSR count). The molecule has 0 radical (unpaired) electrons. The molecule has 0 atom stereocenters. The Morgan fingerprint density at radius 1 is 1.14 bits per heavy atom. The number of carboxylic acid groups (broad SMARTS) is 1. The molecule has 0 aromatic carbocycles. The fraction of sp³-hybridized carbons (Fsp3) is 0.143. The number of carbonyl (C=O) groups excluding carboxylic acids is 1. The lowest BCUT2D eigenvalue weighted by Gasteiger charge is -2.09. The topological polar surface area (TPSA) is 104 Å². The van der Waals surface area contributed by atoms with Crippen LogP contribution in [0.15, 0.2) is 42.9 Å². The molecule has 108 valence electrons. The van der Waals surface area contributed by atoms with Crippen LogP contribution >= 0.6 is 0 Å². The van der Waals surface area contributed by atoms with Crippen molar-refractivity contribution < 1.29 is 14.7 Å². The van der Waals surface area contributed by atoms with Gasteiger partial charge in [-0.3, -0.25) is 4.98 Å². The number of rotatable bonds is 5. The number of hydrogen-bond donors (Lipinski definition) is 3. The molecule has 0 saturated heterocycles. The molecule has 2 amide bonds. The summed E-state index contributed by atoms with van der Waals surface area (Å²) in [4.78, 5) is 30.3. The van der Waals surface area contributed by atoms with E-state index in [1.807, 2.05) is 12.1 Å². The number of carboxylic acids is 1. The third-order valence-corrected chi connectivity index (χ3v) is 2.71. The smallest absolute Gasteiger partial charge is 0.356 e. The van der Waals surface area contributed by atoms with Crippen molar-refractivity contribution in [3.8, 4) is 0 Å². The molecule has 3 N–H and O–H groups in total. The van der Waals surface area contributed by atoms with E-state index in [0.717, 1.165) is 5.56 Å². The first-order chi connectivity index (χ1) is 10.2. The summed E-state index contributed by atoms with van der Waals surface area (Å²) < 4.78 is 0. The predicted octanol–water partition coefficient (Wildman–Crippen LogP) is 1.54. The van der Waals surface area contributed by atoms with Gasteiger partial charge in [-0.25, -0.2) is 14.6 Å². The second kappa shape index (κ2) is 6.99. The van der Waals surface area contributed by atoms with Gasteiger partial charge in [-0.1, -0.05) is 0 Å². The molecule has 2 heterocycles. The van der Waals surface area contributed by atoms with Gasteiger partial charge in [0.25, 0.3) is 0 Å². The molecule has 0 aliphatic heterocycles. The van der Waals surface area contributed by atoms with Crippen molar-refractivity contribution >= 4 is 17.7 Å². The lowest BCUT2D eigenvalue weighted by atomic mass is 10.2. The monoisotopic (exact) mass is 286 g/mol. The maximum Gasteiger partial charge on any atom is 0.356 e. The molecule has 0 fully saturated rings. The van der Waals surface area contributed by atoms with Gasteiger partial charge in [-0.15, -0.1) is 0 Å². The molecule has 0 aliphatic carbocycles. The second-order valence-corrected chi connectivity index (χ2v) is 4.19. The number of aromatic carboxylic acids is 1. The summed E-state index contributed by atoms with van der Waals surface area (Å²) >= 11 is 0. The van der Waals surface area contributed by atoms with Gasteiger partial charge in [0.05, 0.1) is 5.69 Å². The number of nitrogens with one attached hydrogen (secondary N) is 2. The Labute approximate surface area is 121 Å². The zero-order valence-electron chi connectivity index (χ0n) is 11.1. The van der Waals surface area contributed by atoms with E-state index in [2.05, 4.69) is 20.6 Å². The molecule has 0 unspecified atom stereocenters. The minimum absolute atomic E-state index is 0.159. The van der Waals surface area contributed by atoms with Gasteiger partial charge in [0, 0.05) is 25.1 Å². The molecule has 0 spiro atoms. The molecule has 21 heavy (non-hydrogen) atoms. The molecular weight excluding hydrogens is 272 g/mol. The number of urea groups is 1. The van der Waals surface area contributed by atoms with Gasteiger partial charge in [0.15, 0.2) is 5.69 Å². The minimum Gasteiger partial charge on any atom is -0.476 e. The van der Waals surface area contributed by atoms with E-state index in [1.165, 1.54) is 12.3 Å². The molecule has 0 saturated carbocycles. The van der Waals surface area contributed by atoms with Crippen molar-refractivity contribution in [3.63, 3.8) is 0 Å². The summed E-state index contributed by atoms with van der Waals surface area (Å²) in [6, 6.07) is 6.30. The summed E-state index contributed by atoms with van der Waals surface area (Å²) in [6.45, 7) is 0.429. The fourth-order valence-corrected chi connectivity index (χ4v) is 1.71. The average molecular weight is 286 g/mol. The molecule has 7 nitrogen and oxygen atoms in total. The highest BCUT2D eigenvalue weighted by molar-refractivity contribution is 5.98. The van der Waals surface area contributed by atoms with E-state index < -0.39 is 12.0 Å². The van der Waals surface area contributed by atoms with Crippen LogP contribution in [-0.2, 0) is 6.42 Å². The van der Waals surface area contributed by atoms with Crippen molar-refractivity contribution in [2.45, 2.75) is 6.42 Å². The molecular formula is C14H14N4O3. The predicted molar refractivity (Wildman–Crippen MR) is 76.2 cm³/mol. The number of anilines is 1. The number of amides is 2. The van der Waals surface area contributed by atoms with Crippen molar-refractivity contribution in [1.82, 2.24) is 15.3 Å². The second-order valence-electron chi connectivity index (χ2n) is 4.19. The van der Waals surface area contributed by atoms with Crippen LogP contribution in [0.25, 0.3) is 0 Å². The maximum absolute atomic E-state index is 11.7. The summed E-state index contributed by atoms with van der Waals surface area (Å²) in [5.41, 5.74) is 1.02. The maximum atomic E-state index is 11.7. The quantitative estimate of drug-likeness (QED) is 0.773. The first kappa shape index (κ1) is 14.4.